The fraction of sp³-hybridized carbons (Fsp3) is 0.500. The van der Waals surface area contributed by atoms with Crippen molar-refractivity contribution in [2.45, 2.75) is 12.8 Å². The van der Waals surface area contributed by atoms with Gasteiger partial charge >= 0.3 is 0 Å². The van der Waals surface area contributed by atoms with Gasteiger partial charge in [-0.25, -0.2) is 0 Å². The van der Waals surface area contributed by atoms with Crippen molar-refractivity contribution in [3.05, 3.63) is 35.9 Å². The maximum Gasteiger partial charge on any atom is 0.253 e. The highest BCUT2D eigenvalue weighted by atomic mass is 35.5. The fourth-order valence-corrected chi connectivity index (χ4v) is 3.02. The number of carbonyl (C=O) groups is 1. The average Bonchev–Trinajstić information content (AvgIpc) is 3.01. The highest BCUT2D eigenvalue weighted by molar-refractivity contribution is 5.94. The van der Waals surface area contributed by atoms with Crippen molar-refractivity contribution in [1.29, 1.82) is 0 Å². The lowest BCUT2D eigenvalue weighted by atomic mass is 9.86. The quantitative estimate of drug-likeness (QED) is 0.843. The number of rotatable bonds is 1. The van der Waals surface area contributed by atoms with Crippen LogP contribution in [0, 0.1) is 5.41 Å². The van der Waals surface area contributed by atoms with Crippen molar-refractivity contribution in [3.63, 3.8) is 0 Å². The van der Waals surface area contributed by atoms with E-state index in [2.05, 4.69) is 5.32 Å². The summed E-state index contributed by atoms with van der Waals surface area (Å²) < 4.78 is 0. The van der Waals surface area contributed by atoms with Gasteiger partial charge in [0.05, 0.1) is 0 Å². The second kappa shape index (κ2) is 5.29. The monoisotopic (exact) mass is 266 g/mol. The summed E-state index contributed by atoms with van der Waals surface area (Å²) in [6.07, 6.45) is 2.37. The van der Waals surface area contributed by atoms with Gasteiger partial charge in [0, 0.05) is 30.6 Å². The number of benzene rings is 1. The highest BCUT2D eigenvalue weighted by Gasteiger charge is 2.41. The van der Waals surface area contributed by atoms with Crippen LogP contribution in [0.15, 0.2) is 30.3 Å². The molecule has 1 atom stereocenters. The van der Waals surface area contributed by atoms with E-state index in [0.717, 1.165) is 38.2 Å². The lowest BCUT2D eigenvalue weighted by Gasteiger charge is -2.22. The Balaban J connectivity index is 0.00000120. The molecule has 2 aliphatic heterocycles. The number of carbonyl (C=O) groups excluding carboxylic acids is 1. The Kier molecular flexibility index (Phi) is 3.93. The van der Waals surface area contributed by atoms with Crippen molar-refractivity contribution in [2.24, 2.45) is 5.41 Å². The van der Waals surface area contributed by atoms with Gasteiger partial charge in [0.2, 0.25) is 0 Å². The van der Waals surface area contributed by atoms with Gasteiger partial charge in [-0.05, 0) is 31.5 Å². The molecule has 1 unspecified atom stereocenters. The lowest BCUT2D eigenvalue weighted by molar-refractivity contribution is 0.0775. The van der Waals surface area contributed by atoms with Gasteiger partial charge in [-0.2, -0.15) is 0 Å². The maximum atomic E-state index is 12.3. The van der Waals surface area contributed by atoms with Crippen LogP contribution in [0.25, 0.3) is 0 Å². The third-order valence-electron chi connectivity index (χ3n) is 4.08. The fourth-order valence-electron chi connectivity index (χ4n) is 3.02. The van der Waals surface area contributed by atoms with Crippen molar-refractivity contribution in [2.75, 3.05) is 26.2 Å². The zero-order valence-electron chi connectivity index (χ0n) is 10.4. The second-order valence-electron chi connectivity index (χ2n) is 5.27. The van der Waals surface area contributed by atoms with Gasteiger partial charge in [-0.1, -0.05) is 18.2 Å². The summed E-state index contributed by atoms with van der Waals surface area (Å²) in [4.78, 5) is 14.3. The summed E-state index contributed by atoms with van der Waals surface area (Å²) in [5.74, 6) is 0.189. The normalized spacial score (nSPS) is 26.3. The molecule has 0 saturated carbocycles. The molecule has 18 heavy (non-hydrogen) atoms. The van der Waals surface area contributed by atoms with E-state index in [1.165, 1.54) is 6.42 Å². The predicted octanol–water partition coefficient (Wildman–Crippen LogP) is 1.93. The second-order valence-corrected chi connectivity index (χ2v) is 5.27. The Morgan fingerprint density at radius 2 is 2.00 bits per heavy atom. The third-order valence-corrected chi connectivity index (χ3v) is 4.08. The number of nitrogens with zero attached hydrogens (tertiary/aromatic N) is 1. The van der Waals surface area contributed by atoms with E-state index in [1.807, 2.05) is 35.2 Å². The molecular weight excluding hydrogens is 248 g/mol. The number of halogens is 1. The first kappa shape index (κ1) is 13.4. The molecule has 2 saturated heterocycles. The van der Waals surface area contributed by atoms with Crippen LogP contribution in [0.1, 0.15) is 23.2 Å². The molecule has 3 nitrogen and oxygen atoms in total. The Hall–Kier alpha value is -1.06. The van der Waals surface area contributed by atoms with Crippen molar-refractivity contribution >= 4 is 18.3 Å². The van der Waals surface area contributed by atoms with Crippen LogP contribution in [0.3, 0.4) is 0 Å². The summed E-state index contributed by atoms with van der Waals surface area (Å²) >= 11 is 0. The molecule has 4 heteroatoms. The van der Waals surface area contributed by atoms with Crippen LogP contribution < -0.4 is 5.32 Å². The minimum atomic E-state index is 0. The molecule has 1 N–H and O–H groups in total. The van der Waals surface area contributed by atoms with Gasteiger partial charge in [-0.3, -0.25) is 4.79 Å². The van der Waals surface area contributed by atoms with E-state index in [0.29, 0.717) is 5.41 Å². The summed E-state index contributed by atoms with van der Waals surface area (Å²) in [5, 5.41) is 3.42. The number of hydrogen-bond donors (Lipinski definition) is 1. The molecule has 0 aromatic heterocycles. The van der Waals surface area contributed by atoms with E-state index < -0.39 is 0 Å². The van der Waals surface area contributed by atoms with Gasteiger partial charge in [-0.15, -0.1) is 12.4 Å². The van der Waals surface area contributed by atoms with Crippen molar-refractivity contribution < 1.29 is 4.79 Å². The molecular formula is C14H19ClN2O. The molecule has 0 bridgehead atoms. The largest absolute Gasteiger partial charge is 0.338 e. The number of hydrogen-bond acceptors (Lipinski definition) is 2. The predicted molar refractivity (Wildman–Crippen MR) is 74.1 cm³/mol. The Labute approximate surface area is 114 Å². The number of amides is 1. The van der Waals surface area contributed by atoms with E-state index >= 15 is 0 Å². The molecule has 1 spiro atoms. The lowest BCUT2D eigenvalue weighted by Crippen LogP contribution is -2.33. The standard InChI is InChI=1S/C14H18N2O.ClH/c17-13(12-4-2-1-3-5-12)16-9-7-14(11-16)6-8-15-10-14;/h1-5,15H,6-11H2;1H. The topological polar surface area (TPSA) is 32.3 Å². The average molecular weight is 267 g/mol. The van der Waals surface area contributed by atoms with Crippen molar-refractivity contribution in [1.82, 2.24) is 10.2 Å². The summed E-state index contributed by atoms with van der Waals surface area (Å²) in [6.45, 7) is 4.02. The van der Waals surface area contributed by atoms with Crippen LogP contribution in [-0.4, -0.2) is 37.0 Å². The van der Waals surface area contributed by atoms with E-state index in [1.54, 1.807) is 0 Å². The first-order chi connectivity index (χ1) is 8.29. The molecule has 0 radical (unpaired) electrons. The van der Waals surface area contributed by atoms with Crippen LogP contribution in [0.4, 0.5) is 0 Å². The zero-order chi connectivity index (χ0) is 11.7. The first-order valence-electron chi connectivity index (χ1n) is 6.34. The molecule has 1 amide bonds. The molecule has 1 aromatic carbocycles. The summed E-state index contributed by atoms with van der Waals surface area (Å²) in [6, 6.07) is 9.61. The van der Waals surface area contributed by atoms with Crippen LogP contribution in [0.5, 0.6) is 0 Å². The molecule has 2 fully saturated rings. The van der Waals surface area contributed by atoms with Gasteiger partial charge in [0.15, 0.2) is 0 Å². The smallest absolute Gasteiger partial charge is 0.253 e. The minimum Gasteiger partial charge on any atom is -0.338 e. The molecule has 2 heterocycles. The molecule has 98 valence electrons. The van der Waals surface area contributed by atoms with E-state index in [-0.39, 0.29) is 18.3 Å². The highest BCUT2D eigenvalue weighted by Crippen LogP contribution is 2.36. The Morgan fingerprint density at radius 1 is 1.22 bits per heavy atom. The van der Waals surface area contributed by atoms with E-state index in [9.17, 15) is 4.79 Å². The number of likely N-dealkylation sites (tertiary alicyclic amines) is 1. The first-order valence-corrected chi connectivity index (χ1v) is 6.34. The molecule has 1 aromatic rings. The minimum absolute atomic E-state index is 0. The zero-order valence-corrected chi connectivity index (χ0v) is 11.2. The molecule has 2 aliphatic rings. The SMILES string of the molecule is Cl.O=C(c1ccccc1)N1CCC2(CCNC2)C1. The van der Waals surface area contributed by atoms with Gasteiger partial charge in [0.25, 0.3) is 5.91 Å². The van der Waals surface area contributed by atoms with Crippen LogP contribution >= 0.6 is 12.4 Å². The van der Waals surface area contributed by atoms with Crippen LogP contribution in [0.2, 0.25) is 0 Å². The Morgan fingerprint density at radius 3 is 2.67 bits per heavy atom. The Bertz CT molecular complexity index is 415. The molecule has 3 rings (SSSR count). The molecule has 0 aliphatic carbocycles. The summed E-state index contributed by atoms with van der Waals surface area (Å²) in [7, 11) is 0. The maximum absolute atomic E-state index is 12.3. The van der Waals surface area contributed by atoms with Gasteiger partial charge in [0.1, 0.15) is 0 Å². The van der Waals surface area contributed by atoms with Gasteiger partial charge < -0.3 is 10.2 Å². The van der Waals surface area contributed by atoms with Crippen molar-refractivity contribution in [3.8, 4) is 0 Å². The van der Waals surface area contributed by atoms with Crippen LogP contribution in [-0.2, 0) is 0 Å². The number of nitrogens with one attached hydrogen (secondary N) is 1. The third kappa shape index (κ3) is 2.38. The summed E-state index contributed by atoms with van der Waals surface area (Å²) in [5.41, 5.74) is 1.18. The van der Waals surface area contributed by atoms with E-state index in [4.69, 9.17) is 0 Å².